The molecule has 0 saturated heterocycles. The van der Waals surface area contributed by atoms with Crippen molar-refractivity contribution in [2.24, 2.45) is 0 Å². The fraction of sp³-hybridized carbons (Fsp3) is 0.333. The number of hydrogen-bond acceptors (Lipinski definition) is 3. The van der Waals surface area contributed by atoms with Gasteiger partial charge in [-0.2, -0.15) is 0 Å². The second-order valence-electron chi connectivity index (χ2n) is 3.44. The highest BCUT2D eigenvalue weighted by atomic mass is 16.5. The molecule has 104 valence electrons. The number of methoxy groups -OCH3 is 1. The fourth-order valence-electron chi connectivity index (χ4n) is 1.35. The van der Waals surface area contributed by atoms with Gasteiger partial charge in [0.1, 0.15) is 6.04 Å². The van der Waals surface area contributed by atoms with Gasteiger partial charge >= 0.3 is 5.97 Å². The lowest BCUT2D eigenvalue weighted by molar-refractivity contribution is -0.142. The van der Waals surface area contributed by atoms with Crippen molar-refractivity contribution in [2.75, 3.05) is 7.11 Å². The molecule has 1 N–H and O–H groups in total. The van der Waals surface area contributed by atoms with Gasteiger partial charge < -0.3 is 10.1 Å². The first kappa shape index (κ1) is 16.9. The van der Waals surface area contributed by atoms with Crippen LogP contribution in [0.15, 0.2) is 43.0 Å². The zero-order valence-corrected chi connectivity index (χ0v) is 11.7. The summed E-state index contributed by atoms with van der Waals surface area (Å²) in [5.41, 5.74) is 0.505. The minimum atomic E-state index is -0.690. The Morgan fingerprint density at radius 2 is 1.89 bits per heavy atom. The summed E-state index contributed by atoms with van der Waals surface area (Å²) in [6, 6.07) is 8.00. The van der Waals surface area contributed by atoms with E-state index < -0.39 is 12.0 Å². The van der Waals surface area contributed by atoms with Crippen LogP contribution in [0.2, 0.25) is 0 Å². The maximum absolute atomic E-state index is 11.8. The Bertz CT molecular complexity index is 401. The second-order valence-corrected chi connectivity index (χ2v) is 3.44. The van der Waals surface area contributed by atoms with Gasteiger partial charge in [0.25, 0.3) is 5.91 Å². The summed E-state index contributed by atoms with van der Waals surface area (Å²) in [7, 11) is 1.28. The average Bonchev–Trinajstić information content (AvgIpc) is 2.48. The molecule has 0 radical (unpaired) electrons. The van der Waals surface area contributed by atoms with E-state index in [1.54, 1.807) is 30.3 Å². The topological polar surface area (TPSA) is 55.4 Å². The normalized spacial score (nSPS) is 10.5. The van der Waals surface area contributed by atoms with Crippen molar-refractivity contribution < 1.29 is 14.3 Å². The summed E-state index contributed by atoms with van der Waals surface area (Å²) < 4.78 is 4.60. The molecule has 0 bridgehead atoms. The molecule has 19 heavy (non-hydrogen) atoms. The number of amides is 1. The molecular formula is C15H21NO3. The maximum Gasteiger partial charge on any atom is 0.328 e. The quantitative estimate of drug-likeness (QED) is 0.656. The van der Waals surface area contributed by atoms with Crippen molar-refractivity contribution in [1.82, 2.24) is 5.32 Å². The zero-order chi connectivity index (χ0) is 14.7. The van der Waals surface area contributed by atoms with Gasteiger partial charge in [0.2, 0.25) is 0 Å². The van der Waals surface area contributed by atoms with Crippen LogP contribution < -0.4 is 5.32 Å². The van der Waals surface area contributed by atoms with Crippen LogP contribution >= 0.6 is 0 Å². The summed E-state index contributed by atoms with van der Waals surface area (Å²) in [5, 5.41) is 2.60. The lowest BCUT2D eigenvalue weighted by atomic mass is 10.1. The summed E-state index contributed by atoms with van der Waals surface area (Å²) >= 11 is 0. The van der Waals surface area contributed by atoms with Crippen LogP contribution in [0, 0.1) is 0 Å². The number of benzene rings is 1. The van der Waals surface area contributed by atoms with Gasteiger partial charge in [0.15, 0.2) is 0 Å². The minimum absolute atomic E-state index is 0.303. The number of nitrogens with one attached hydrogen (secondary N) is 1. The van der Waals surface area contributed by atoms with Crippen LogP contribution in [-0.4, -0.2) is 25.0 Å². The van der Waals surface area contributed by atoms with Crippen LogP contribution in [0.1, 0.15) is 30.6 Å². The van der Waals surface area contributed by atoms with Gasteiger partial charge in [-0.15, -0.1) is 6.58 Å². The molecule has 1 rings (SSSR count). The van der Waals surface area contributed by atoms with Crippen molar-refractivity contribution in [3.63, 3.8) is 0 Å². The largest absolute Gasteiger partial charge is 0.467 e. The van der Waals surface area contributed by atoms with Gasteiger partial charge in [-0.05, 0) is 18.6 Å². The fourth-order valence-corrected chi connectivity index (χ4v) is 1.35. The molecule has 1 amide bonds. The van der Waals surface area contributed by atoms with E-state index in [-0.39, 0.29) is 5.91 Å². The Balaban J connectivity index is 0.00000154. The van der Waals surface area contributed by atoms with Crippen molar-refractivity contribution in [2.45, 2.75) is 26.3 Å². The van der Waals surface area contributed by atoms with E-state index in [2.05, 4.69) is 16.6 Å². The van der Waals surface area contributed by atoms with Crippen molar-refractivity contribution in [3.05, 3.63) is 48.6 Å². The van der Waals surface area contributed by atoms with Crippen molar-refractivity contribution in [3.8, 4) is 0 Å². The summed E-state index contributed by atoms with van der Waals surface area (Å²) in [4.78, 5) is 23.2. The molecule has 1 aromatic carbocycles. The molecule has 1 unspecified atom stereocenters. The first-order valence-corrected chi connectivity index (χ1v) is 6.23. The Morgan fingerprint density at radius 3 is 2.37 bits per heavy atom. The Labute approximate surface area is 114 Å². The van der Waals surface area contributed by atoms with Crippen molar-refractivity contribution >= 4 is 11.9 Å². The van der Waals surface area contributed by atoms with Gasteiger partial charge in [0.05, 0.1) is 7.11 Å². The Kier molecular flexibility index (Phi) is 8.79. The molecule has 0 fully saturated rings. The Morgan fingerprint density at radius 1 is 1.32 bits per heavy atom. The van der Waals surface area contributed by atoms with E-state index in [4.69, 9.17) is 0 Å². The first-order valence-electron chi connectivity index (χ1n) is 6.23. The van der Waals surface area contributed by atoms with Crippen LogP contribution in [0.3, 0.4) is 0 Å². The standard InChI is InChI=1S/C13H15NO3.C2H6/c1-3-7-11(13(16)17-2)14-12(15)10-8-5-4-6-9-10;1-2/h3-6,8-9,11H,1,7H2,2H3,(H,14,15);1-2H3. The number of esters is 1. The number of ether oxygens (including phenoxy) is 1. The molecule has 1 aromatic rings. The average molecular weight is 263 g/mol. The Hall–Kier alpha value is -2.10. The number of carbonyl (C=O) groups is 2. The SMILES string of the molecule is C=CCC(NC(=O)c1ccccc1)C(=O)OC.CC. The van der Waals surface area contributed by atoms with Crippen LogP contribution in [-0.2, 0) is 9.53 Å². The molecule has 0 aromatic heterocycles. The van der Waals surface area contributed by atoms with Gasteiger partial charge in [0, 0.05) is 5.56 Å². The molecule has 4 nitrogen and oxygen atoms in total. The van der Waals surface area contributed by atoms with Gasteiger partial charge in [-0.1, -0.05) is 38.1 Å². The van der Waals surface area contributed by atoms with E-state index in [0.29, 0.717) is 12.0 Å². The predicted octanol–water partition coefficient (Wildman–Crippen LogP) is 2.56. The highest BCUT2D eigenvalue weighted by Crippen LogP contribution is 2.02. The predicted molar refractivity (Wildman–Crippen MR) is 75.9 cm³/mol. The van der Waals surface area contributed by atoms with E-state index in [1.165, 1.54) is 7.11 Å². The molecule has 0 aliphatic heterocycles. The van der Waals surface area contributed by atoms with Crippen molar-refractivity contribution in [1.29, 1.82) is 0 Å². The summed E-state index contributed by atoms with van der Waals surface area (Å²) in [6.45, 7) is 7.54. The summed E-state index contributed by atoms with van der Waals surface area (Å²) in [6.07, 6.45) is 1.90. The van der Waals surface area contributed by atoms with Crippen LogP contribution in [0.5, 0.6) is 0 Å². The third kappa shape index (κ3) is 5.86. The molecule has 0 aliphatic rings. The van der Waals surface area contributed by atoms with E-state index in [9.17, 15) is 9.59 Å². The minimum Gasteiger partial charge on any atom is -0.467 e. The van der Waals surface area contributed by atoms with Gasteiger partial charge in [-0.3, -0.25) is 4.79 Å². The first-order chi connectivity index (χ1) is 9.19. The molecule has 0 spiro atoms. The molecule has 0 saturated carbocycles. The molecule has 0 heterocycles. The van der Waals surface area contributed by atoms with Crippen LogP contribution in [0.4, 0.5) is 0 Å². The van der Waals surface area contributed by atoms with E-state index >= 15 is 0 Å². The highest BCUT2D eigenvalue weighted by molar-refractivity contribution is 5.96. The number of rotatable bonds is 5. The maximum atomic E-state index is 11.8. The lowest BCUT2D eigenvalue weighted by Gasteiger charge is -2.14. The molecule has 4 heteroatoms. The molecule has 0 aliphatic carbocycles. The number of hydrogen-bond donors (Lipinski definition) is 1. The van der Waals surface area contributed by atoms with Crippen LogP contribution in [0.25, 0.3) is 0 Å². The third-order valence-corrected chi connectivity index (χ3v) is 2.23. The van der Waals surface area contributed by atoms with Gasteiger partial charge in [-0.25, -0.2) is 4.79 Å². The van der Waals surface area contributed by atoms with E-state index in [1.807, 2.05) is 19.9 Å². The third-order valence-electron chi connectivity index (χ3n) is 2.23. The van der Waals surface area contributed by atoms with E-state index in [0.717, 1.165) is 0 Å². The second kappa shape index (κ2) is 9.88. The lowest BCUT2D eigenvalue weighted by Crippen LogP contribution is -2.41. The zero-order valence-electron chi connectivity index (χ0n) is 11.7. The highest BCUT2D eigenvalue weighted by Gasteiger charge is 2.20. The number of carbonyl (C=O) groups excluding carboxylic acids is 2. The summed E-state index contributed by atoms with van der Waals surface area (Å²) in [5.74, 6) is -0.781. The molecular weight excluding hydrogens is 242 g/mol. The molecule has 1 atom stereocenters. The monoisotopic (exact) mass is 263 g/mol. The smallest absolute Gasteiger partial charge is 0.328 e.